The minimum Gasteiger partial charge on any atom is -0.497 e. The Kier molecular flexibility index (Phi) is 6.40. The van der Waals surface area contributed by atoms with Crippen LogP contribution in [0.4, 0.5) is 0 Å². The summed E-state index contributed by atoms with van der Waals surface area (Å²) in [6.45, 7) is 0.869. The van der Waals surface area contributed by atoms with Crippen molar-refractivity contribution in [3.05, 3.63) is 95.1 Å². The smallest absolute Gasteiger partial charge is 0.255 e. The topological polar surface area (TPSA) is 67.9 Å². The van der Waals surface area contributed by atoms with Crippen molar-refractivity contribution in [3.63, 3.8) is 0 Å². The minimum absolute atomic E-state index is 0.0537. The molecule has 0 spiro atoms. The summed E-state index contributed by atoms with van der Waals surface area (Å²) in [5, 5.41) is 2.98. The molecular formula is C26H26N2O4. The first-order valence-corrected chi connectivity index (χ1v) is 10.5. The van der Waals surface area contributed by atoms with Crippen LogP contribution in [0.25, 0.3) is 0 Å². The fourth-order valence-electron chi connectivity index (χ4n) is 3.99. The number of carbonyl (C=O) groups excluding carboxylic acids is 2. The molecule has 1 aliphatic rings. The number of nitrogens with zero attached hydrogens (tertiary/aromatic N) is 1. The molecule has 1 N–H and O–H groups in total. The van der Waals surface area contributed by atoms with Gasteiger partial charge in [0.1, 0.15) is 11.5 Å². The van der Waals surface area contributed by atoms with Gasteiger partial charge in [-0.15, -0.1) is 0 Å². The highest BCUT2D eigenvalue weighted by atomic mass is 16.5. The molecule has 1 heterocycles. The highest BCUT2D eigenvalue weighted by Gasteiger charge is 2.34. The highest BCUT2D eigenvalue weighted by molar-refractivity contribution is 5.98. The van der Waals surface area contributed by atoms with E-state index in [1.165, 1.54) is 0 Å². The number of hydrogen-bond donors (Lipinski definition) is 1. The molecule has 1 aliphatic heterocycles. The van der Waals surface area contributed by atoms with Crippen molar-refractivity contribution in [1.82, 2.24) is 10.2 Å². The van der Waals surface area contributed by atoms with Crippen LogP contribution in [0.5, 0.6) is 11.5 Å². The summed E-state index contributed by atoms with van der Waals surface area (Å²) in [7, 11) is 3.22. The normalized spacial score (nSPS) is 13.4. The predicted molar refractivity (Wildman–Crippen MR) is 122 cm³/mol. The van der Waals surface area contributed by atoms with E-state index in [-0.39, 0.29) is 24.3 Å². The maximum atomic E-state index is 13.1. The van der Waals surface area contributed by atoms with Crippen molar-refractivity contribution in [1.29, 1.82) is 0 Å². The molecule has 0 unspecified atom stereocenters. The summed E-state index contributed by atoms with van der Waals surface area (Å²) < 4.78 is 10.5. The number of amides is 2. The van der Waals surface area contributed by atoms with Gasteiger partial charge in [0.05, 0.1) is 26.7 Å². The SMILES string of the molecule is COc1ccc([C@H](CC(=O)NCc2cccc(OC)c2)N2Cc3ccccc3C2=O)cc1. The summed E-state index contributed by atoms with van der Waals surface area (Å²) >= 11 is 0. The molecule has 6 nitrogen and oxygen atoms in total. The minimum atomic E-state index is -0.383. The molecule has 3 aromatic rings. The summed E-state index contributed by atoms with van der Waals surface area (Å²) in [6.07, 6.45) is 0.163. The number of hydrogen-bond acceptors (Lipinski definition) is 4. The number of carbonyl (C=O) groups is 2. The van der Waals surface area contributed by atoms with E-state index in [0.717, 1.165) is 28.2 Å². The summed E-state index contributed by atoms with van der Waals surface area (Å²) in [5.41, 5.74) is 3.52. The fourth-order valence-corrected chi connectivity index (χ4v) is 3.99. The Morgan fingerprint density at radius 3 is 2.44 bits per heavy atom. The lowest BCUT2D eigenvalue weighted by Gasteiger charge is -2.28. The van der Waals surface area contributed by atoms with Gasteiger partial charge in [0.2, 0.25) is 5.91 Å². The highest BCUT2D eigenvalue weighted by Crippen LogP contribution is 2.34. The zero-order chi connectivity index (χ0) is 22.5. The molecule has 0 saturated heterocycles. The average molecular weight is 431 g/mol. The van der Waals surface area contributed by atoms with E-state index in [1.807, 2.05) is 72.8 Å². The standard InChI is InChI=1S/C26H26N2O4/c1-31-21-12-10-19(11-13-21)24(28-17-20-7-3-4-9-23(20)26(28)30)15-25(29)27-16-18-6-5-8-22(14-18)32-2/h3-14,24H,15-17H2,1-2H3,(H,27,29)/t24-/m0/s1. The molecule has 4 rings (SSSR count). The molecule has 32 heavy (non-hydrogen) atoms. The summed E-state index contributed by atoms with van der Waals surface area (Å²) in [4.78, 5) is 27.8. The lowest BCUT2D eigenvalue weighted by atomic mass is 10.0. The molecule has 1 atom stereocenters. The molecule has 0 bridgehead atoms. The zero-order valence-corrected chi connectivity index (χ0v) is 18.2. The molecule has 164 valence electrons. The van der Waals surface area contributed by atoms with Gasteiger partial charge in [-0.3, -0.25) is 9.59 Å². The Labute approximate surface area is 187 Å². The van der Waals surface area contributed by atoms with Crippen LogP contribution in [-0.4, -0.2) is 30.9 Å². The molecule has 0 aromatic heterocycles. The van der Waals surface area contributed by atoms with E-state index in [9.17, 15) is 9.59 Å². The number of benzene rings is 3. The van der Waals surface area contributed by atoms with Crippen molar-refractivity contribution in [2.75, 3.05) is 14.2 Å². The molecule has 3 aromatic carbocycles. The first-order chi connectivity index (χ1) is 15.6. The van der Waals surface area contributed by atoms with Crippen LogP contribution in [0, 0.1) is 0 Å². The van der Waals surface area contributed by atoms with Gasteiger partial charge in [0.25, 0.3) is 5.91 Å². The Hall–Kier alpha value is -3.80. The maximum Gasteiger partial charge on any atom is 0.255 e. The predicted octanol–water partition coefficient (Wildman–Crippen LogP) is 4.11. The van der Waals surface area contributed by atoms with Gasteiger partial charge in [-0.05, 0) is 47.0 Å². The van der Waals surface area contributed by atoms with Crippen molar-refractivity contribution in [2.24, 2.45) is 0 Å². The number of rotatable bonds is 8. The number of methoxy groups -OCH3 is 2. The second kappa shape index (κ2) is 9.56. The number of fused-ring (bicyclic) bond motifs is 1. The molecule has 0 aliphatic carbocycles. The average Bonchev–Trinajstić information content (AvgIpc) is 3.17. The Balaban J connectivity index is 1.52. The second-order valence-electron chi connectivity index (χ2n) is 7.71. The van der Waals surface area contributed by atoms with Gasteiger partial charge in [0.15, 0.2) is 0 Å². The number of nitrogens with one attached hydrogen (secondary N) is 1. The monoisotopic (exact) mass is 430 g/mol. The third kappa shape index (κ3) is 4.59. The van der Waals surface area contributed by atoms with Gasteiger partial charge >= 0.3 is 0 Å². The Bertz CT molecular complexity index is 1110. The van der Waals surface area contributed by atoms with Crippen molar-refractivity contribution >= 4 is 11.8 Å². The number of ether oxygens (including phenoxy) is 2. The van der Waals surface area contributed by atoms with Crippen LogP contribution in [0.3, 0.4) is 0 Å². The second-order valence-corrected chi connectivity index (χ2v) is 7.71. The molecule has 0 fully saturated rings. The van der Waals surface area contributed by atoms with Crippen molar-refractivity contribution in [3.8, 4) is 11.5 Å². The quantitative estimate of drug-likeness (QED) is 0.584. The maximum absolute atomic E-state index is 13.1. The zero-order valence-electron chi connectivity index (χ0n) is 18.2. The fraction of sp³-hybridized carbons (Fsp3) is 0.231. The molecular weight excluding hydrogens is 404 g/mol. The largest absolute Gasteiger partial charge is 0.497 e. The van der Waals surface area contributed by atoms with Crippen molar-refractivity contribution < 1.29 is 19.1 Å². The summed E-state index contributed by atoms with van der Waals surface area (Å²) in [6, 6.07) is 22.3. The Morgan fingerprint density at radius 1 is 0.969 bits per heavy atom. The van der Waals surface area contributed by atoms with E-state index in [0.29, 0.717) is 18.7 Å². The molecule has 0 radical (unpaired) electrons. The van der Waals surface area contributed by atoms with Crippen LogP contribution in [-0.2, 0) is 17.9 Å². The molecule has 2 amide bonds. The third-order valence-corrected chi connectivity index (χ3v) is 5.73. The van der Waals surface area contributed by atoms with Gasteiger partial charge in [-0.25, -0.2) is 0 Å². The van der Waals surface area contributed by atoms with Gasteiger partial charge < -0.3 is 19.7 Å². The van der Waals surface area contributed by atoms with Crippen LogP contribution in [0.2, 0.25) is 0 Å². The van der Waals surface area contributed by atoms with Crippen molar-refractivity contribution in [2.45, 2.75) is 25.6 Å². The van der Waals surface area contributed by atoms with Crippen LogP contribution < -0.4 is 14.8 Å². The third-order valence-electron chi connectivity index (χ3n) is 5.73. The van der Waals surface area contributed by atoms with Gasteiger partial charge in [-0.1, -0.05) is 42.5 Å². The van der Waals surface area contributed by atoms with Crippen LogP contribution >= 0.6 is 0 Å². The van der Waals surface area contributed by atoms with E-state index >= 15 is 0 Å². The molecule has 0 saturated carbocycles. The van der Waals surface area contributed by atoms with Crippen LogP contribution in [0.15, 0.2) is 72.8 Å². The van der Waals surface area contributed by atoms with Gasteiger partial charge in [-0.2, -0.15) is 0 Å². The lowest BCUT2D eigenvalue weighted by molar-refractivity contribution is -0.122. The molecule has 6 heteroatoms. The van der Waals surface area contributed by atoms with E-state index in [1.54, 1.807) is 19.1 Å². The van der Waals surface area contributed by atoms with E-state index in [4.69, 9.17) is 9.47 Å². The Morgan fingerprint density at radius 2 is 1.72 bits per heavy atom. The summed E-state index contributed by atoms with van der Waals surface area (Å²) in [5.74, 6) is 1.29. The first kappa shape index (κ1) is 21.4. The van der Waals surface area contributed by atoms with Crippen LogP contribution in [0.1, 0.15) is 39.5 Å². The lowest BCUT2D eigenvalue weighted by Crippen LogP contribution is -2.34. The van der Waals surface area contributed by atoms with Gasteiger partial charge in [0, 0.05) is 18.7 Å². The first-order valence-electron chi connectivity index (χ1n) is 10.5. The van der Waals surface area contributed by atoms with E-state index < -0.39 is 0 Å². The van der Waals surface area contributed by atoms with E-state index in [2.05, 4.69) is 5.32 Å².